The highest BCUT2D eigenvalue weighted by molar-refractivity contribution is 6.30. The lowest BCUT2D eigenvalue weighted by atomic mass is 10.1. The van der Waals surface area contributed by atoms with E-state index in [1.807, 2.05) is 24.3 Å². The molecule has 36 heavy (non-hydrogen) atoms. The number of hydrogen-bond acceptors (Lipinski definition) is 6. The summed E-state index contributed by atoms with van der Waals surface area (Å²) in [5.41, 5.74) is 5.12. The number of Topliss-reactive ketones (excluding diaryl/α,β-unsaturated/α-hetero) is 2. The van der Waals surface area contributed by atoms with Gasteiger partial charge in [-0.1, -0.05) is 24.3 Å². The van der Waals surface area contributed by atoms with E-state index < -0.39 is 0 Å². The van der Waals surface area contributed by atoms with Gasteiger partial charge in [0.25, 0.3) is 0 Å². The van der Waals surface area contributed by atoms with Crippen LogP contribution in [0.1, 0.15) is 31.8 Å². The number of nitriles is 2. The van der Waals surface area contributed by atoms with Crippen LogP contribution in [0.4, 0.5) is 22.7 Å². The number of rotatable bonds is 2. The van der Waals surface area contributed by atoms with Crippen molar-refractivity contribution in [3.63, 3.8) is 0 Å². The largest absolute Gasteiger partial charge is 0.304 e. The van der Waals surface area contributed by atoms with Crippen molar-refractivity contribution in [3.05, 3.63) is 131 Å². The lowest BCUT2D eigenvalue weighted by Gasteiger charge is -2.26. The van der Waals surface area contributed by atoms with Crippen LogP contribution in [-0.2, 0) is 0 Å². The van der Waals surface area contributed by atoms with Crippen LogP contribution in [0.15, 0.2) is 108 Å². The fourth-order valence-corrected chi connectivity index (χ4v) is 4.75. The van der Waals surface area contributed by atoms with Crippen molar-refractivity contribution < 1.29 is 9.59 Å². The van der Waals surface area contributed by atoms with Crippen LogP contribution >= 0.6 is 0 Å². The predicted molar refractivity (Wildman–Crippen MR) is 135 cm³/mol. The van der Waals surface area contributed by atoms with Crippen molar-refractivity contribution in [2.45, 2.75) is 0 Å². The van der Waals surface area contributed by atoms with Gasteiger partial charge in [-0.05, 0) is 72.8 Å². The van der Waals surface area contributed by atoms with E-state index >= 15 is 0 Å². The van der Waals surface area contributed by atoms with Gasteiger partial charge in [-0.2, -0.15) is 10.5 Å². The topological polar surface area (TPSA) is 88.2 Å². The maximum Gasteiger partial charge on any atom is 0.214 e. The molecule has 2 aliphatic heterocycles. The van der Waals surface area contributed by atoms with E-state index in [0.29, 0.717) is 45.0 Å². The molecule has 0 bridgehead atoms. The molecule has 4 aromatic rings. The highest BCUT2D eigenvalue weighted by atomic mass is 16.1. The van der Waals surface area contributed by atoms with Gasteiger partial charge in [0.1, 0.15) is 11.4 Å². The van der Waals surface area contributed by atoms with Gasteiger partial charge in [-0.3, -0.25) is 9.59 Å². The summed E-state index contributed by atoms with van der Waals surface area (Å²) >= 11 is 0. The average Bonchev–Trinajstić information content (AvgIpc) is 3.39. The van der Waals surface area contributed by atoms with Gasteiger partial charge in [0.05, 0.1) is 34.6 Å². The van der Waals surface area contributed by atoms with E-state index in [9.17, 15) is 20.1 Å². The maximum absolute atomic E-state index is 13.9. The van der Waals surface area contributed by atoms with Crippen molar-refractivity contribution in [1.82, 2.24) is 0 Å². The van der Waals surface area contributed by atoms with E-state index in [1.54, 1.807) is 82.6 Å². The molecule has 0 unspecified atom stereocenters. The van der Waals surface area contributed by atoms with Gasteiger partial charge in [-0.15, -0.1) is 0 Å². The van der Waals surface area contributed by atoms with E-state index in [4.69, 9.17) is 0 Å². The van der Waals surface area contributed by atoms with E-state index in [1.165, 1.54) is 0 Å². The number of hydrogen-bond donors (Lipinski definition) is 0. The molecule has 0 radical (unpaired) electrons. The van der Waals surface area contributed by atoms with Gasteiger partial charge < -0.3 is 9.80 Å². The Morgan fingerprint density at radius 2 is 0.861 bits per heavy atom. The Morgan fingerprint density at radius 3 is 1.22 bits per heavy atom. The van der Waals surface area contributed by atoms with Gasteiger partial charge >= 0.3 is 0 Å². The Kier molecular flexibility index (Phi) is 4.74. The van der Waals surface area contributed by atoms with Crippen LogP contribution < -0.4 is 9.80 Å². The Morgan fingerprint density at radius 1 is 0.500 bits per heavy atom. The van der Waals surface area contributed by atoms with Crippen LogP contribution in [0.5, 0.6) is 0 Å². The third kappa shape index (κ3) is 3.03. The summed E-state index contributed by atoms with van der Waals surface area (Å²) < 4.78 is 0. The van der Waals surface area contributed by atoms with Crippen molar-refractivity contribution in [1.29, 1.82) is 10.5 Å². The Labute approximate surface area is 207 Å². The second-order valence-corrected chi connectivity index (χ2v) is 8.38. The van der Waals surface area contributed by atoms with E-state index in [0.717, 1.165) is 0 Å². The van der Waals surface area contributed by atoms with E-state index in [2.05, 4.69) is 12.1 Å². The summed E-state index contributed by atoms with van der Waals surface area (Å²) in [7, 11) is 0. The molecule has 0 atom stereocenters. The Balaban J connectivity index is 1.64. The normalized spacial score (nSPS) is 15.9. The molecule has 2 aliphatic rings. The molecule has 0 amide bonds. The Bertz CT molecular complexity index is 1560. The molecule has 0 fully saturated rings. The molecule has 2 heterocycles. The molecule has 6 nitrogen and oxygen atoms in total. The fourth-order valence-electron chi connectivity index (χ4n) is 4.75. The first kappa shape index (κ1) is 21.1. The molecule has 4 aromatic carbocycles. The maximum atomic E-state index is 13.9. The van der Waals surface area contributed by atoms with Crippen LogP contribution in [0.2, 0.25) is 0 Å². The zero-order valence-electron chi connectivity index (χ0n) is 18.8. The third-order valence-corrected chi connectivity index (χ3v) is 6.39. The molecular weight excluding hydrogens is 448 g/mol. The minimum atomic E-state index is -0.259. The van der Waals surface area contributed by atoms with Crippen molar-refractivity contribution in [2.24, 2.45) is 0 Å². The lowest BCUT2D eigenvalue weighted by molar-refractivity contribution is 0.101. The highest BCUT2D eigenvalue weighted by Crippen LogP contribution is 2.48. The molecule has 0 N–H and O–H groups in total. The van der Waals surface area contributed by atoms with Gasteiger partial charge in [0.15, 0.2) is 0 Å². The fraction of sp³-hybridized carbons (Fsp3) is 0. The molecule has 168 valence electrons. The summed E-state index contributed by atoms with van der Waals surface area (Å²) in [4.78, 5) is 31.4. The minimum absolute atomic E-state index is 0.242. The zero-order chi connectivity index (χ0) is 24.8. The van der Waals surface area contributed by atoms with Crippen molar-refractivity contribution in [2.75, 3.05) is 9.80 Å². The van der Waals surface area contributed by atoms with Crippen LogP contribution in [0, 0.1) is 22.7 Å². The number of benzene rings is 4. The first-order valence-electron chi connectivity index (χ1n) is 11.2. The molecule has 6 rings (SSSR count). The number of carbonyl (C=O) groups is 2. The number of nitrogens with zero attached hydrogens (tertiary/aromatic N) is 4. The van der Waals surface area contributed by atoms with Gasteiger partial charge in [0.2, 0.25) is 11.6 Å². The summed E-state index contributed by atoms with van der Waals surface area (Å²) in [5, 5.41) is 18.5. The average molecular weight is 464 g/mol. The summed E-state index contributed by atoms with van der Waals surface area (Å²) in [5.74, 6) is -0.519. The number of fused-ring (bicyclic) bond motifs is 2. The summed E-state index contributed by atoms with van der Waals surface area (Å²) in [6, 6.07) is 32.5. The SMILES string of the molecule is N#Cc1ccc(N2/C(=C3/C(=O)c4ccccc4N3c3ccc(C#N)cc3)C(=O)c3ccccc32)cc1. The Hall–Kier alpha value is -5.46. The van der Waals surface area contributed by atoms with Crippen molar-refractivity contribution >= 4 is 34.3 Å². The highest BCUT2D eigenvalue weighted by Gasteiger charge is 2.43. The van der Waals surface area contributed by atoms with Gasteiger partial charge in [0, 0.05) is 22.5 Å². The predicted octanol–water partition coefficient (Wildman–Crippen LogP) is 6.01. The second kappa shape index (κ2) is 8.09. The molecule has 0 aromatic heterocycles. The van der Waals surface area contributed by atoms with Crippen molar-refractivity contribution in [3.8, 4) is 12.1 Å². The zero-order valence-corrected chi connectivity index (χ0v) is 18.8. The molecular formula is C30H16N4O2. The molecule has 0 aliphatic carbocycles. The molecule has 0 saturated carbocycles. The first-order valence-corrected chi connectivity index (χ1v) is 11.2. The minimum Gasteiger partial charge on any atom is -0.304 e. The first-order chi connectivity index (χ1) is 17.6. The summed E-state index contributed by atoms with van der Waals surface area (Å²) in [6.07, 6.45) is 0. The van der Waals surface area contributed by atoms with Crippen LogP contribution in [0.25, 0.3) is 0 Å². The number of para-hydroxylation sites is 2. The third-order valence-electron chi connectivity index (χ3n) is 6.39. The van der Waals surface area contributed by atoms with Crippen LogP contribution in [0.3, 0.4) is 0 Å². The quantitative estimate of drug-likeness (QED) is 0.338. The smallest absolute Gasteiger partial charge is 0.214 e. The molecule has 0 spiro atoms. The number of ketones is 2. The lowest BCUT2D eigenvalue weighted by Crippen LogP contribution is -2.25. The number of anilines is 4. The van der Waals surface area contributed by atoms with E-state index in [-0.39, 0.29) is 23.0 Å². The monoisotopic (exact) mass is 464 g/mol. The second-order valence-electron chi connectivity index (χ2n) is 8.38. The molecule has 6 heteroatoms. The van der Waals surface area contributed by atoms with Gasteiger partial charge in [-0.25, -0.2) is 0 Å². The summed E-state index contributed by atoms with van der Waals surface area (Å²) in [6.45, 7) is 0. The molecule has 0 saturated heterocycles. The number of carbonyl (C=O) groups excluding carboxylic acids is 2. The number of allylic oxidation sites excluding steroid dienone is 2. The standard InChI is InChI=1S/C30H16N4O2/c31-17-19-9-13-21(14-10-19)33-25-7-3-1-5-23(25)29(35)27(33)28-30(36)24-6-2-4-8-26(24)34(28)22-15-11-20(18-32)12-16-22/h1-16H/b28-27-. The van der Waals surface area contributed by atoms with Crippen LogP contribution in [-0.4, -0.2) is 11.6 Å².